The van der Waals surface area contributed by atoms with Crippen molar-refractivity contribution in [2.75, 3.05) is 31.2 Å². The Kier molecular flexibility index (Phi) is 6.08. The summed E-state index contributed by atoms with van der Waals surface area (Å²) < 4.78 is 0. The second-order valence-corrected chi connectivity index (χ2v) is 5.27. The van der Waals surface area contributed by atoms with Crippen molar-refractivity contribution in [3.63, 3.8) is 0 Å². The summed E-state index contributed by atoms with van der Waals surface area (Å²) in [6.45, 7) is 0.528. The molecule has 0 saturated carbocycles. The number of aliphatic hydroxyl groups excluding tert-OH is 2. The number of nitrogens with one attached hydrogen (secondary N) is 1. The second-order valence-electron chi connectivity index (χ2n) is 5.27. The number of anilines is 1. The molecule has 1 aliphatic rings. The van der Waals surface area contributed by atoms with E-state index < -0.39 is 5.91 Å². The van der Waals surface area contributed by atoms with Crippen molar-refractivity contribution in [1.82, 2.24) is 5.32 Å². The number of allylic oxidation sites excluding steroid dienone is 2. The van der Waals surface area contributed by atoms with Crippen LogP contribution in [0.3, 0.4) is 0 Å². The molecule has 0 radical (unpaired) electrons. The number of hydrogen-bond acceptors (Lipinski definition) is 7. The van der Waals surface area contributed by atoms with Gasteiger partial charge in [-0.3, -0.25) is 4.79 Å². The molecular weight excluding hydrogens is 334 g/mol. The molecule has 1 aliphatic heterocycles. The van der Waals surface area contributed by atoms with Gasteiger partial charge in [0.15, 0.2) is 5.57 Å². The number of amides is 1. The summed E-state index contributed by atoms with van der Waals surface area (Å²) in [7, 11) is 0. The molecular formula is C18H15N5O3. The van der Waals surface area contributed by atoms with Crippen LogP contribution in [-0.2, 0) is 4.79 Å². The zero-order chi connectivity index (χ0) is 19.1. The highest BCUT2D eigenvalue weighted by atomic mass is 16.3. The minimum Gasteiger partial charge on any atom is -0.395 e. The van der Waals surface area contributed by atoms with Gasteiger partial charge in [-0.15, -0.1) is 0 Å². The quantitative estimate of drug-likeness (QED) is 0.621. The first kappa shape index (κ1) is 18.7. The Morgan fingerprint density at radius 3 is 2.08 bits per heavy atom. The minimum absolute atomic E-state index is 0.0524. The van der Waals surface area contributed by atoms with Crippen molar-refractivity contribution < 1.29 is 15.0 Å². The average Bonchev–Trinajstić information content (AvgIpc) is 2.99. The Morgan fingerprint density at radius 2 is 1.62 bits per heavy atom. The molecule has 0 fully saturated rings. The Hall–Kier alpha value is -3.64. The van der Waals surface area contributed by atoms with Gasteiger partial charge >= 0.3 is 0 Å². The van der Waals surface area contributed by atoms with Gasteiger partial charge in [-0.1, -0.05) is 12.1 Å². The molecule has 1 heterocycles. The largest absolute Gasteiger partial charge is 0.395 e. The number of nitrogens with zero attached hydrogens (tertiary/aromatic N) is 4. The highest BCUT2D eigenvalue weighted by molar-refractivity contribution is 6.26. The standard InChI is InChI=1S/C18H15N5O3/c19-9-13(10-20)17-15(11-21)16(18(26)22-17)12-1-3-14(4-2-12)23(5-7-24)6-8-25/h1-4,24-25H,5-8H2,(H,22,26). The molecule has 8 heteroatoms. The second kappa shape index (κ2) is 8.46. The zero-order valence-electron chi connectivity index (χ0n) is 13.7. The van der Waals surface area contributed by atoms with Gasteiger partial charge in [-0.2, -0.15) is 15.8 Å². The summed E-state index contributed by atoms with van der Waals surface area (Å²) in [4.78, 5) is 14.0. The maximum Gasteiger partial charge on any atom is 0.257 e. The van der Waals surface area contributed by atoms with Crippen molar-refractivity contribution in [1.29, 1.82) is 15.8 Å². The summed E-state index contributed by atoms with van der Waals surface area (Å²) in [6, 6.07) is 11.9. The lowest BCUT2D eigenvalue weighted by Crippen LogP contribution is -2.29. The van der Waals surface area contributed by atoms with E-state index in [1.54, 1.807) is 41.3 Å². The van der Waals surface area contributed by atoms with E-state index in [2.05, 4.69) is 5.32 Å². The van der Waals surface area contributed by atoms with Gasteiger partial charge in [0, 0.05) is 18.8 Å². The topological polar surface area (TPSA) is 144 Å². The molecule has 0 spiro atoms. The van der Waals surface area contributed by atoms with Crippen molar-refractivity contribution >= 4 is 17.2 Å². The summed E-state index contributed by atoms with van der Waals surface area (Å²) in [5.41, 5.74) is 0.819. The first-order valence-corrected chi connectivity index (χ1v) is 7.68. The molecule has 1 amide bonds. The molecule has 130 valence electrons. The molecule has 0 atom stereocenters. The van der Waals surface area contributed by atoms with Crippen molar-refractivity contribution in [3.8, 4) is 18.2 Å². The van der Waals surface area contributed by atoms with Gasteiger partial charge in [-0.05, 0) is 17.7 Å². The first-order valence-electron chi connectivity index (χ1n) is 7.68. The zero-order valence-corrected chi connectivity index (χ0v) is 13.7. The number of carbonyl (C=O) groups is 1. The van der Waals surface area contributed by atoms with Gasteiger partial charge < -0.3 is 20.4 Å². The van der Waals surface area contributed by atoms with Crippen LogP contribution in [0.1, 0.15) is 5.56 Å². The van der Waals surface area contributed by atoms with Crippen LogP contribution in [0.2, 0.25) is 0 Å². The SMILES string of the molecule is N#CC(C#N)=C1NC(=O)C(c2ccc(N(CCO)CCO)cc2)=C1C#N. The third-order valence-corrected chi connectivity index (χ3v) is 3.81. The lowest BCUT2D eigenvalue weighted by atomic mass is 9.99. The van der Waals surface area contributed by atoms with Crippen LogP contribution >= 0.6 is 0 Å². The molecule has 0 saturated heterocycles. The Balaban J connectivity index is 2.48. The number of benzene rings is 1. The highest BCUT2D eigenvalue weighted by Crippen LogP contribution is 2.31. The summed E-state index contributed by atoms with van der Waals surface area (Å²) in [6.07, 6.45) is 0. The summed E-state index contributed by atoms with van der Waals surface area (Å²) in [5, 5.41) is 48.0. The lowest BCUT2D eigenvalue weighted by Gasteiger charge is -2.23. The van der Waals surface area contributed by atoms with E-state index in [9.17, 15) is 10.1 Å². The van der Waals surface area contributed by atoms with Crippen LogP contribution in [0, 0.1) is 34.0 Å². The van der Waals surface area contributed by atoms with E-state index in [4.69, 9.17) is 20.7 Å². The van der Waals surface area contributed by atoms with E-state index in [0.717, 1.165) is 5.69 Å². The number of carbonyl (C=O) groups excluding carboxylic acids is 1. The van der Waals surface area contributed by atoms with Gasteiger partial charge in [0.1, 0.15) is 18.2 Å². The lowest BCUT2D eigenvalue weighted by molar-refractivity contribution is -0.114. The van der Waals surface area contributed by atoms with Crippen LogP contribution in [0.4, 0.5) is 5.69 Å². The molecule has 0 aromatic heterocycles. The predicted molar refractivity (Wildman–Crippen MR) is 91.8 cm³/mol. The minimum atomic E-state index is -0.560. The fraction of sp³-hybridized carbons (Fsp3) is 0.222. The van der Waals surface area contributed by atoms with Gasteiger partial charge in [-0.25, -0.2) is 0 Å². The fourth-order valence-electron chi connectivity index (χ4n) is 2.64. The van der Waals surface area contributed by atoms with Crippen LogP contribution in [0.15, 0.2) is 41.1 Å². The third-order valence-electron chi connectivity index (χ3n) is 3.81. The van der Waals surface area contributed by atoms with E-state index in [1.165, 1.54) is 0 Å². The summed E-state index contributed by atoms with van der Waals surface area (Å²) >= 11 is 0. The van der Waals surface area contributed by atoms with E-state index in [0.29, 0.717) is 18.7 Å². The molecule has 3 N–H and O–H groups in total. The molecule has 0 aliphatic carbocycles. The van der Waals surface area contributed by atoms with Crippen LogP contribution < -0.4 is 10.2 Å². The number of rotatable bonds is 6. The molecule has 1 aromatic rings. The van der Waals surface area contributed by atoms with Gasteiger partial charge in [0.25, 0.3) is 5.91 Å². The smallest absolute Gasteiger partial charge is 0.257 e. The molecule has 8 nitrogen and oxygen atoms in total. The first-order chi connectivity index (χ1) is 12.6. The van der Waals surface area contributed by atoms with Gasteiger partial charge in [0.05, 0.1) is 30.1 Å². The van der Waals surface area contributed by atoms with Crippen molar-refractivity contribution in [3.05, 3.63) is 46.7 Å². The van der Waals surface area contributed by atoms with E-state index in [1.807, 2.05) is 6.07 Å². The maximum atomic E-state index is 12.3. The van der Waals surface area contributed by atoms with Crippen molar-refractivity contribution in [2.45, 2.75) is 0 Å². The average molecular weight is 349 g/mol. The Bertz CT molecular complexity index is 873. The van der Waals surface area contributed by atoms with Crippen molar-refractivity contribution in [2.24, 2.45) is 0 Å². The molecule has 2 rings (SSSR count). The molecule has 1 aromatic carbocycles. The van der Waals surface area contributed by atoms with Gasteiger partial charge in [0.2, 0.25) is 0 Å². The number of aliphatic hydroxyl groups is 2. The van der Waals surface area contributed by atoms with Crippen LogP contribution in [0.5, 0.6) is 0 Å². The van der Waals surface area contributed by atoms with Crippen LogP contribution in [0.25, 0.3) is 5.57 Å². The molecule has 26 heavy (non-hydrogen) atoms. The molecule has 0 unspecified atom stereocenters. The maximum absolute atomic E-state index is 12.3. The predicted octanol–water partition coefficient (Wildman–Crippen LogP) is 0.186. The third kappa shape index (κ3) is 3.55. The summed E-state index contributed by atoms with van der Waals surface area (Å²) in [5.74, 6) is -0.560. The number of hydrogen-bond donors (Lipinski definition) is 3. The van der Waals surface area contributed by atoms with E-state index in [-0.39, 0.29) is 35.6 Å². The van der Waals surface area contributed by atoms with Crippen LogP contribution in [-0.4, -0.2) is 42.4 Å². The monoisotopic (exact) mass is 349 g/mol. The fourth-order valence-corrected chi connectivity index (χ4v) is 2.64. The Morgan fingerprint density at radius 1 is 1.04 bits per heavy atom. The Labute approximate surface area is 150 Å². The number of nitriles is 3. The normalized spacial score (nSPS) is 12.9. The van der Waals surface area contributed by atoms with E-state index >= 15 is 0 Å². The highest BCUT2D eigenvalue weighted by Gasteiger charge is 2.31. The molecule has 0 bridgehead atoms.